The largest absolute Gasteiger partial charge is 0.477 e. The summed E-state index contributed by atoms with van der Waals surface area (Å²) >= 11 is 5.92. The van der Waals surface area contributed by atoms with Gasteiger partial charge in [-0.15, -0.1) is 0 Å². The normalized spacial score (nSPS) is 10.5. The van der Waals surface area contributed by atoms with Crippen molar-refractivity contribution in [3.05, 3.63) is 65.3 Å². The first-order valence-electron chi connectivity index (χ1n) is 6.20. The number of halogens is 1. The number of pyridine rings is 1. The van der Waals surface area contributed by atoms with Crippen molar-refractivity contribution in [2.24, 2.45) is 0 Å². The van der Waals surface area contributed by atoms with Crippen LogP contribution in [0, 0.1) is 0 Å². The number of benzene rings is 2. The minimum Gasteiger partial charge on any atom is -0.477 e. The Morgan fingerprint density at radius 3 is 2.67 bits per heavy atom. The molecule has 1 aromatic heterocycles. The molecule has 0 atom stereocenters. The highest BCUT2D eigenvalue weighted by molar-refractivity contribution is 6.30. The van der Waals surface area contributed by atoms with Gasteiger partial charge in [0.15, 0.2) is 5.69 Å². The molecule has 0 saturated heterocycles. The van der Waals surface area contributed by atoms with E-state index in [2.05, 4.69) is 4.98 Å². The lowest BCUT2D eigenvalue weighted by atomic mass is 10.1. The Balaban J connectivity index is 2.13. The zero-order chi connectivity index (χ0) is 14.8. The highest BCUT2D eigenvalue weighted by Crippen LogP contribution is 2.29. The second-order valence-corrected chi connectivity index (χ2v) is 4.83. The van der Waals surface area contributed by atoms with Gasteiger partial charge in [-0.1, -0.05) is 35.9 Å². The van der Waals surface area contributed by atoms with E-state index in [0.29, 0.717) is 10.8 Å². The number of nitrogens with zero attached hydrogens (tertiary/aromatic N) is 1. The third kappa shape index (κ3) is 2.80. The standard InChI is InChI=1S/C16H10ClNO3/c17-11-5-3-6-12(9-11)21-15-13-7-2-1-4-10(13)8-14(18-15)16(19)20/h1-9H,(H,19,20). The highest BCUT2D eigenvalue weighted by atomic mass is 35.5. The monoisotopic (exact) mass is 299 g/mol. The third-order valence-corrected chi connectivity index (χ3v) is 3.17. The number of ether oxygens (including phenoxy) is 1. The zero-order valence-electron chi connectivity index (χ0n) is 10.8. The fourth-order valence-corrected chi connectivity index (χ4v) is 2.18. The third-order valence-electron chi connectivity index (χ3n) is 2.94. The van der Waals surface area contributed by atoms with Crippen LogP contribution >= 0.6 is 11.6 Å². The van der Waals surface area contributed by atoms with Gasteiger partial charge in [-0.2, -0.15) is 0 Å². The summed E-state index contributed by atoms with van der Waals surface area (Å²) in [5.74, 6) is -0.354. The van der Waals surface area contributed by atoms with E-state index >= 15 is 0 Å². The van der Waals surface area contributed by atoms with Crippen molar-refractivity contribution in [2.45, 2.75) is 0 Å². The molecular formula is C16H10ClNO3. The second kappa shape index (κ2) is 5.42. The number of hydrogen-bond acceptors (Lipinski definition) is 3. The molecule has 0 unspecified atom stereocenters. The minimum absolute atomic E-state index is 0.0641. The molecule has 21 heavy (non-hydrogen) atoms. The smallest absolute Gasteiger partial charge is 0.354 e. The Bertz CT molecular complexity index is 833. The van der Waals surface area contributed by atoms with Gasteiger partial charge in [0.2, 0.25) is 5.88 Å². The van der Waals surface area contributed by atoms with E-state index in [1.54, 1.807) is 24.3 Å². The van der Waals surface area contributed by atoms with E-state index < -0.39 is 5.97 Å². The average Bonchev–Trinajstić information content (AvgIpc) is 2.47. The molecule has 0 aliphatic carbocycles. The summed E-state index contributed by atoms with van der Waals surface area (Å²) in [6.07, 6.45) is 0. The van der Waals surface area contributed by atoms with Crippen LogP contribution in [0.3, 0.4) is 0 Å². The van der Waals surface area contributed by atoms with Crippen LogP contribution in [0.15, 0.2) is 54.6 Å². The summed E-state index contributed by atoms with van der Waals surface area (Å²) in [5, 5.41) is 11.2. The Hall–Kier alpha value is -2.59. The molecule has 3 rings (SSSR count). The lowest BCUT2D eigenvalue weighted by Gasteiger charge is -2.09. The maximum Gasteiger partial charge on any atom is 0.354 e. The summed E-state index contributed by atoms with van der Waals surface area (Å²) in [7, 11) is 0. The van der Waals surface area contributed by atoms with E-state index in [9.17, 15) is 4.79 Å². The maximum atomic E-state index is 11.2. The maximum absolute atomic E-state index is 11.2. The summed E-state index contributed by atoms with van der Waals surface area (Å²) in [4.78, 5) is 15.2. The van der Waals surface area contributed by atoms with Crippen molar-refractivity contribution in [3.8, 4) is 11.6 Å². The fraction of sp³-hybridized carbons (Fsp3) is 0. The molecule has 0 radical (unpaired) electrons. The van der Waals surface area contributed by atoms with Crippen LogP contribution in [0.2, 0.25) is 5.02 Å². The minimum atomic E-state index is -1.10. The summed E-state index contributed by atoms with van der Waals surface area (Å²) in [5.41, 5.74) is -0.0641. The lowest BCUT2D eigenvalue weighted by molar-refractivity contribution is 0.0690. The molecule has 5 heteroatoms. The molecule has 1 N–H and O–H groups in total. The molecular weight excluding hydrogens is 290 g/mol. The molecule has 4 nitrogen and oxygen atoms in total. The second-order valence-electron chi connectivity index (χ2n) is 4.40. The van der Waals surface area contributed by atoms with Gasteiger partial charge in [-0.3, -0.25) is 0 Å². The first kappa shape index (κ1) is 13.4. The van der Waals surface area contributed by atoms with Crippen molar-refractivity contribution in [2.75, 3.05) is 0 Å². The number of carboxylic acid groups (broad SMARTS) is 1. The summed E-state index contributed by atoms with van der Waals surface area (Å²) < 4.78 is 5.70. The van der Waals surface area contributed by atoms with Gasteiger partial charge in [0.1, 0.15) is 5.75 Å². The predicted molar refractivity (Wildman–Crippen MR) is 80.2 cm³/mol. The molecule has 0 spiro atoms. The lowest BCUT2D eigenvalue weighted by Crippen LogP contribution is -2.02. The highest BCUT2D eigenvalue weighted by Gasteiger charge is 2.12. The first-order chi connectivity index (χ1) is 10.1. The molecule has 0 aliphatic rings. The van der Waals surface area contributed by atoms with Crippen molar-refractivity contribution in [3.63, 3.8) is 0 Å². The topological polar surface area (TPSA) is 59.4 Å². The van der Waals surface area contributed by atoms with E-state index in [1.807, 2.05) is 24.3 Å². The molecule has 0 amide bonds. The molecule has 0 bridgehead atoms. The predicted octanol–water partition coefficient (Wildman–Crippen LogP) is 4.38. The van der Waals surface area contributed by atoms with Crippen LogP contribution in [-0.4, -0.2) is 16.1 Å². The van der Waals surface area contributed by atoms with Crippen LogP contribution in [0.25, 0.3) is 10.8 Å². The van der Waals surface area contributed by atoms with Gasteiger partial charge >= 0.3 is 5.97 Å². The molecule has 3 aromatic rings. The van der Waals surface area contributed by atoms with Crippen LogP contribution in [0.5, 0.6) is 11.6 Å². The SMILES string of the molecule is O=C(O)c1cc2ccccc2c(Oc2cccc(Cl)c2)n1. The molecule has 1 heterocycles. The molecule has 0 aliphatic heterocycles. The Morgan fingerprint density at radius 1 is 1.10 bits per heavy atom. The van der Waals surface area contributed by atoms with Gasteiger partial charge in [0.25, 0.3) is 0 Å². The summed E-state index contributed by atoms with van der Waals surface area (Å²) in [6, 6.07) is 15.7. The number of rotatable bonds is 3. The van der Waals surface area contributed by atoms with Gasteiger partial charge in [0, 0.05) is 10.4 Å². The quantitative estimate of drug-likeness (QED) is 0.779. The van der Waals surface area contributed by atoms with Crippen LogP contribution in [-0.2, 0) is 0 Å². The number of aromatic carboxylic acids is 1. The number of hydrogen-bond donors (Lipinski definition) is 1. The van der Waals surface area contributed by atoms with Crippen molar-refractivity contribution >= 4 is 28.3 Å². The van der Waals surface area contributed by atoms with Gasteiger partial charge < -0.3 is 9.84 Å². The molecule has 2 aromatic carbocycles. The number of fused-ring (bicyclic) bond motifs is 1. The summed E-state index contributed by atoms with van der Waals surface area (Å²) in [6.45, 7) is 0. The Labute approximate surface area is 125 Å². The van der Waals surface area contributed by atoms with E-state index in [1.165, 1.54) is 6.07 Å². The van der Waals surface area contributed by atoms with Crippen molar-refractivity contribution < 1.29 is 14.6 Å². The van der Waals surface area contributed by atoms with E-state index in [0.717, 1.165) is 10.8 Å². The number of aromatic nitrogens is 1. The molecule has 104 valence electrons. The molecule has 0 saturated carbocycles. The van der Waals surface area contributed by atoms with Gasteiger partial charge in [-0.25, -0.2) is 9.78 Å². The average molecular weight is 300 g/mol. The first-order valence-corrected chi connectivity index (χ1v) is 6.58. The van der Waals surface area contributed by atoms with E-state index in [4.69, 9.17) is 21.4 Å². The Kier molecular flexibility index (Phi) is 3.46. The van der Waals surface area contributed by atoms with Gasteiger partial charge in [-0.05, 0) is 35.7 Å². The Morgan fingerprint density at radius 2 is 1.90 bits per heavy atom. The number of carbonyl (C=O) groups is 1. The van der Waals surface area contributed by atoms with Gasteiger partial charge in [0.05, 0.1) is 0 Å². The fourth-order valence-electron chi connectivity index (χ4n) is 2.00. The van der Waals surface area contributed by atoms with Crippen LogP contribution in [0.4, 0.5) is 0 Å². The van der Waals surface area contributed by atoms with Crippen LogP contribution < -0.4 is 4.74 Å². The van der Waals surface area contributed by atoms with Crippen molar-refractivity contribution in [1.29, 1.82) is 0 Å². The zero-order valence-corrected chi connectivity index (χ0v) is 11.5. The van der Waals surface area contributed by atoms with E-state index in [-0.39, 0.29) is 11.6 Å². The molecule has 0 fully saturated rings. The van der Waals surface area contributed by atoms with Crippen LogP contribution in [0.1, 0.15) is 10.5 Å². The van der Waals surface area contributed by atoms with Crippen molar-refractivity contribution in [1.82, 2.24) is 4.98 Å². The number of carboxylic acids is 1.